The molecule has 16 heavy (non-hydrogen) atoms. The predicted molar refractivity (Wildman–Crippen MR) is 74.9 cm³/mol. The molecule has 2 rings (SSSR count). The lowest BCUT2D eigenvalue weighted by molar-refractivity contribution is 0.604. The van der Waals surface area contributed by atoms with Gasteiger partial charge in [0.25, 0.3) is 0 Å². The molecule has 2 aromatic rings. The second-order valence-electron chi connectivity index (χ2n) is 6.33. The van der Waals surface area contributed by atoms with Gasteiger partial charge >= 0.3 is 0 Å². The molecule has 2 aromatic heterocycles. The molecule has 0 fully saturated rings. The van der Waals surface area contributed by atoms with Crippen molar-refractivity contribution in [1.82, 2.24) is 4.37 Å². The molecule has 0 unspecified atom stereocenters. The summed E-state index contributed by atoms with van der Waals surface area (Å²) in [6.45, 7) is 13.7. The van der Waals surface area contributed by atoms with Gasteiger partial charge in [0.2, 0.25) is 0 Å². The maximum Gasteiger partial charge on any atom is 0.0697 e. The van der Waals surface area contributed by atoms with Crippen LogP contribution in [0, 0.1) is 0 Å². The topological polar surface area (TPSA) is 12.9 Å². The Bertz CT molecular complexity index is 462. The normalized spacial score (nSPS) is 13.6. The van der Waals surface area contributed by atoms with Crippen molar-refractivity contribution in [3.8, 4) is 0 Å². The van der Waals surface area contributed by atoms with Gasteiger partial charge in [0, 0.05) is 21.3 Å². The molecule has 1 nitrogen and oxygen atoms in total. The van der Waals surface area contributed by atoms with Gasteiger partial charge < -0.3 is 0 Å². The minimum absolute atomic E-state index is 0.217. The lowest BCUT2D eigenvalue weighted by atomic mass is 9.91. The Morgan fingerprint density at radius 2 is 1.50 bits per heavy atom. The molecular formula is C13H19NS2. The second-order valence-corrected chi connectivity index (χ2v) is 8.15. The van der Waals surface area contributed by atoms with E-state index in [9.17, 15) is 0 Å². The highest BCUT2D eigenvalue weighted by Crippen LogP contribution is 2.45. The van der Waals surface area contributed by atoms with Crippen LogP contribution in [0.2, 0.25) is 0 Å². The van der Waals surface area contributed by atoms with Gasteiger partial charge in [-0.3, -0.25) is 0 Å². The predicted octanol–water partition coefficient (Wildman–Crippen LogP) is 4.95. The molecule has 3 heteroatoms. The Labute approximate surface area is 106 Å². The Morgan fingerprint density at radius 1 is 0.938 bits per heavy atom. The molecule has 0 aromatic carbocycles. The molecule has 2 heterocycles. The van der Waals surface area contributed by atoms with Gasteiger partial charge in [-0.15, -0.1) is 11.3 Å². The summed E-state index contributed by atoms with van der Waals surface area (Å²) in [5.74, 6) is 0. The maximum atomic E-state index is 4.36. The van der Waals surface area contributed by atoms with Gasteiger partial charge in [-0.05, 0) is 22.4 Å². The van der Waals surface area contributed by atoms with Crippen LogP contribution >= 0.6 is 22.9 Å². The highest BCUT2D eigenvalue weighted by atomic mass is 32.1. The fourth-order valence-corrected chi connectivity index (χ4v) is 4.31. The van der Waals surface area contributed by atoms with Crippen molar-refractivity contribution in [1.29, 1.82) is 0 Å². The fourth-order valence-electron chi connectivity index (χ4n) is 1.82. The highest BCUT2D eigenvalue weighted by molar-refractivity contribution is 7.21. The summed E-state index contributed by atoms with van der Waals surface area (Å²) in [6, 6.07) is 0. The summed E-state index contributed by atoms with van der Waals surface area (Å²) in [7, 11) is 0. The van der Waals surface area contributed by atoms with Crippen LogP contribution in [0.25, 0.3) is 10.1 Å². The van der Waals surface area contributed by atoms with Crippen LogP contribution in [0.15, 0.2) is 6.20 Å². The summed E-state index contributed by atoms with van der Waals surface area (Å²) < 4.78 is 5.75. The second kappa shape index (κ2) is 3.54. The monoisotopic (exact) mass is 253 g/mol. The molecule has 0 saturated heterocycles. The van der Waals surface area contributed by atoms with Gasteiger partial charge in [-0.2, -0.15) is 4.37 Å². The molecule has 0 atom stereocenters. The Balaban J connectivity index is 2.75. The van der Waals surface area contributed by atoms with E-state index >= 15 is 0 Å². The first-order valence-corrected chi connectivity index (χ1v) is 7.18. The summed E-state index contributed by atoms with van der Waals surface area (Å²) in [6.07, 6.45) is 2.03. The Kier molecular flexibility index (Phi) is 2.67. The van der Waals surface area contributed by atoms with Crippen molar-refractivity contribution in [2.75, 3.05) is 0 Å². The Hall–Kier alpha value is -0.410. The fraction of sp³-hybridized carbons (Fsp3) is 0.615. The van der Waals surface area contributed by atoms with E-state index in [-0.39, 0.29) is 10.8 Å². The van der Waals surface area contributed by atoms with E-state index in [1.165, 1.54) is 19.8 Å². The van der Waals surface area contributed by atoms with Crippen molar-refractivity contribution in [2.24, 2.45) is 0 Å². The van der Waals surface area contributed by atoms with Crippen LogP contribution in [0.4, 0.5) is 0 Å². The van der Waals surface area contributed by atoms with E-state index in [0.29, 0.717) is 0 Å². The molecule has 0 saturated carbocycles. The van der Waals surface area contributed by atoms with Gasteiger partial charge in [-0.1, -0.05) is 41.5 Å². The number of aromatic nitrogens is 1. The Morgan fingerprint density at radius 3 is 2.00 bits per heavy atom. The van der Waals surface area contributed by atoms with Crippen LogP contribution in [0.3, 0.4) is 0 Å². The lowest BCUT2D eigenvalue weighted by Gasteiger charge is -2.18. The van der Waals surface area contributed by atoms with Crippen LogP contribution in [0.5, 0.6) is 0 Å². The summed E-state index contributed by atoms with van der Waals surface area (Å²) in [5.41, 5.74) is 0.439. The summed E-state index contributed by atoms with van der Waals surface area (Å²) in [5, 5.41) is 1.37. The zero-order valence-corrected chi connectivity index (χ0v) is 12.5. The number of nitrogens with zero attached hydrogens (tertiary/aromatic N) is 1. The van der Waals surface area contributed by atoms with Gasteiger partial charge in [-0.25, -0.2) is 0 Å². The smallest absolute Gasteiger partial charge is 0.0697 e. The van der Waals surface area contributed by atoms with Crippen LogP contribution in [-0.4, -0.2) is 4.37 Å². The van der Waals surface area contributed by atoms with Crippen LogP contribution in [0.1, 0.15) is 51.3 Å². The molecule has 0 N–H and O–H groups in total. The minimum atomic E-state index is 0.217. The van der Waals surface area contributed by atoms with Crippen LogP contribution < -0.4 is 0 Å². The first-order chi connectivity index (χ1) is 7.21. The third-order valence-electron chi connectivity index (χ3n) is 2.59. The highest BCUT2D eigenvalue weighted by Gasteiger charge is 2.27. The third-order valence-corrected chi connectivity index (χ3v) is 5.59. The molecule has 0 spiro atoms. The summed E-state index contributed by atoms with van der Waals surface area (Å²) >= 11 is 3.60. The first-order valence-electron chi connectivity index (χ1n) is 5.59. The zero-order valence-electron chi connectivity index (χ0n) is 10.8. The average molecular weight is 253 g/mol. The van der Waals surface area contributed by atoms with Gasteiger partial charge in [0.15, 0.2) is 0 Å². The lowest BCUT2D eigenvalue weighted by Crippen LogP contribution is -2.10. The van der Waals surface area contributed by atoms with Crippen molar-refractivity contribution in [2.45, 2.75) is 52.4 Å². The maximum absolute atomic E-state index is 4.36. The largest absolute Gasteiger partial charge is 0.200 e. The van der Waals surface area contributed by atoms with Crippen molar-refractivity contribution in [3.63, 3.8) is 0 Å². The minimum Gasteiger partial charge on any atom is -0.200 e. The van der Waals surface area contributed by atoms with E-state index in [1.54, 1.807) is 11.5 Å². The molecule has 88 valence electrons. The molecule has 0 bridgehead atoms. The number of hydrogen-bond acceptors (Lipinski definition) is 3. The molecule has 0 aliphatic carbocycles. The van der Waals surface area contributed by atoms with Crippen molar-refractivity contribution < 1.29 is 0 Å². The van der Waals surface area contributed by atoms with E-state index in [0.717, 1.165) is 0 Å². The van der Waals surface area contributed by atoms with Crippen molar-refractivity contribution in [3.05, 3.63) is 16.0 Å². The van der Waals surface area contributed by atoms with E-state index < -0.39 is 0 Å². The SMILES string of the molecule is CC(C)(C)c1sc(C(C)(C)C)c2sncc12. The van der Waals surface area contributed by atoms with E-state index in [2.05, 4.69) is 45.9 Å². The van der Waals surface area contributed by atoms with E-state index in [1.807, 2.05) is 17.5 Å². The number of thiophene rings is 1. The van der Waals surface area contributed by atoms with Crippen molar-refractivity contribution >= 4 is 33.0 Å². The molecule has 0 radical (unpaired) electrons. The third kappa shape index (κ3) is 1.91. The molecule has 0 amide bonds. The molecule has 0 aliphatic heterocycles. The first kappa shape index (κ1) is 12.1. The van der Waals surface area contributed by atoms with Gasteiger partial charge in [0.1, 0.15) is 0 Å². The standard InChI is InChI=1S/C13H19NS2/c1-12(2,3)10-8-7-14-16-9(8)11(15-10)13(4,5)6/h7H,1-6H3. The summed E-state index contributed by atoms with van der Waals surface area (Å²) in [4.78, 5) is 2.95. The number of hydrogen-bond donors (Lipinski definition) is 0. The number of rotatable bonds is 0. The molecule has 0 aliphatic rings. The van der Waals surface area contributed by atoms with Gasteiger partial charge in [0.05, 0.1) is 4.70 Å². The average Bonchev–Trinajstić information content (AvgIpc) is 2.54. The quantitative estimate of drug-likeness (QED) is 0.647. The zero-order chi connectivity index (χ0) is 12.1. The van der Waals surface area contributed by atoms with E-state index in [4.69, 9.17) is 0 Å². The number of fused-ring (bicyclic) bond motifs is 1. The van der Waals surface area contributed by atoms with Crippen LogP contribution in [-0.2, 0) is 10.8 Å². The molecular weight excluding hydrogens is 234 g/mol.